The third-order valence-electron chi connectivity index (χ3n) is 6.42. The van der Waals surface area contributed by atoms with Crippen molar-refractivity contribution in [1.82, 2.24) is 15.5 Å². The van der Waals surface area contributed by atoms with Crippen molar-refractivity contribution in [2.75, 3.05) is 6.54 Å². The number of imide groups is 1. The lowest BCUT2D eigenvalue weighted by atomic mass is 10.0. The van der Waals surface area contributed by atoms with Gasteiger partial charge in [-0.2, -0.15) is 0 Å². The number of carboxylic acids is 1. The zero-order valence-corrected chi connectivity index (χ0v) is 21.8. The van der Waals surface area contributed by atoms with Crippen molar-refractivity contribution < 1.29 is 29.1 Å². The summed E-state index contributed by atoms with van der Waals surface area (Å²) in [5.74, 6) is -2.46. The molecule has 1 aliphatic rings. The smallest absolute Gasteiger partial charge is 0.326 e. The van der Waals surface area contributed by atoms with E-state index >= 15 is 0 Å². The second-order valence-electron chi connectivity index (χ2n) is 9.96. The van der Waals surface area contributed by atoms with Gasteiger partial charge in [-0.05, 0) is 42.9 Å². The van der Waals surface area contributed by atoms with Crippen LogP contribution in [0.25, 0.3) is 0 Å². The van der Waals surface area contributed by atoms with E-state index in [9.17, 15) is 29.1 Å². The molecule has 0 saturated carbocycles. The van der Waals surface area contributed by atoms with E-state index in [4.69, 9.17) is 0 Å². The lowest BCUT2D eigenvalue weighted by Crippen LogP contribution is -2.52. The Morgan fingerprint density at radius 2 is 1.42 bits per heavy atom. The topological polar surface area (TPSA) is 133 Å². The highest BCUT2D eigenvalue weighted by molar-refractivity contribution is 6.21. The Labute approximate surface area is 222 Å². The SMILES string of the molecule is CC(C)C[C@H](NC(=O)CCCCCN1C(=O)c2ccccc2C1=O)C(=O)N[C@@H](Cc1ccccc1)C(=O)O. The number of aliphatic carboxylic acids is 1. The van der Waals surface area contributed by atoms with Gasteiger partial charge < -0.3 is 15.7 Å². The summed E-state index contributed by atoms with van der Waals surface area (Å²) in [6, 6.07) is 13.8. The van der Waals surface area contributed by atoms with Gasteiger partial charge in [-0.15, -0.1) is 0 Å². The maximum atomic E-state index is 12.9. The highest BCUT2D eigenvalue weighted by Gasteiger charge is 2.34. The molecule has 1 heterocycles. The van der Waals surface area contributed by atoms with Crippen LogP contribution in [0.3, 0.4) is 0 Å². The summed E-state index contributed by atoms with van der Waals surface area (Å²) in [5, 5.41) is 14.9. The molecule has 3 N–H and O–H groups in total. The molecular formula is C29H35N3O6. The Hall–Kier alpha value is -4.01. The molecule has 2 atom stereocenters. The van der Waals surface area contributed by atoms with Crippen molar-refractivity contribution in [2.45, 2.75) is 64.5 Å². The van der Waals surface area contributed by atoms with Crippen LogP contribution >= 0.6 is 0 Å². The first kappa shape index (κ1) is 28.6. The first-order chi connectivity index (χ1) is 18.2. The van der Waals surface area contributed by atoms with E-state index in [1.807, 2.05) is 19.9 Å². The first-order valence-corrected chi connectivity index (χ1v) is 13.0. The predicted octanol–water partition coefficient (Wildman–Crippen LogP) is 3.19. The van der Waals surface area contributed by atoms with Gasteiger partial charge in [-0.3, -0.25) is 24.1 Å². The minimum Gasteiger partial charge on any atom is -0.480 e. The van der Waals surface area contributed by atoms with Crippen LogP contribution in [-0.4, -0.2) is 58.2 Å². The lowest BCUT2D eigenvalue weighted by Gasteiger charge is -2.23. The molecule has 0 fully saturated rings. The number of carbonyl (C=O) groups excluding carboxylic acids is 4. The van der Waals surface area contributed by atoms with Gasteiger partial charge in [0.2, 0.25) is 11.8 Å². The number of nitrogens with zero attached hydrogens (tertiary/aromatic N) is 1. The zero-order valence-electron chi connectivity index (χ0n) is 21.8. The van der Waals surface area contributed by atoms with Crippen LogP contribution in [-0.2, 0) is 20.8 Å². The average Bonchev–Trinajstić information content (AvgIpc) is 3.12. The number of carbonyl (C=O) groups is 5. The molecule has 2 aromatic rings. The van der Waals surface area contributed by atoms with E-state index in [1.54, 1.807) is 48.5 Å². The van der Waals surface area contributed by atoms with Gasteiger partial charge >= 0.3 is 5.97 Å². The number of carboxylic acid groups (broad SMARTS) is 1. The molecule has 0 saturated heterocycles. The fourth-order valence-corrected chi connectivity index (χ4v) is 4.47. The summed E-state index contributed by atoms with van der Waals surface area (Å²) in [6.07, 6.45) is 2.40. The molecule has 0 bridgehead atoms. The highest BCUT2D eigenvalue weighted by atomic mass is 16.4. The molecule has 0 unspecified atom stereocenters. The maximum absolute atomic E-state index is 12.9. The van der Waals surface area contributed by atoms with Gasteiger partial charge in [-0.1, -0.05) is 62.7 Å². The summed E-state index contributed by atoms with van der Waals surface area (Å²) in [5.41, 5.74) is 1.62. The maximum Gasteiger partial charge on any atom is 0.326 e. The quantitative estimate of drug-likeness (QED) is 0.258. The van der Waals surface area contributed by atoms with E-state index in [2.05, 4.69) is 10.6 Å². The molecule has 3 rings (SSSR count). The minimum absolute atomic E-state index is 0.100. The number of amides is 4. The molecule has 1 aliphatic heterocycles. The van der Waals surface area contributed by atoms with E-state index in [1.165, 1.54) is 4.90 Å². The molecule has 0 spiro atoms. The molecule has 202 valence electrons. The van der Waals surface area contributed by atoms with Crippen molar-refractivity contribution in [3.8, 4) is 0 Å². The number of nitrogens with one attached hydrogen (secondary N) is 2. The van der Waals surface area contributed by atoms with Gasteiger partial charge in [0.1, 0.15) is 12.1 Å². The molecule has 9 nitrogen and oxygen atoms in total. The number of rotatable bonds is 14. The Morgan fingerprint density at radius 3 is 2.00 bits per heavy atom. The minimum atomic E-state index is -1.14. The average molecular weight is 522 g/mol. The van der Waals surface area contributed by atoms with Gasteiger partial charge in [0.15, 0.2) is 0 Å². The fraction of sp³-hybridized carbons (Fsp3) is 0.414. The van der Waals surface area contributed by atoms with Gasteiger partial charge in [0.05, 0.1) is 11.1 Å². The second-order valence-corrected chi connectivity index (χ2v) is 9.96. The number of benzene rings is 2. The molecule has 0 aliphatic carbocycles. The van der Waals surface area contributed by atoms with Crippen LogP contribution in [0, 0.1) is 5.92 Å². The van der Waals surface area contributed by atoms with Crippen molar-refractivity contribution in [3.63, 3.8) is 0 Å². The Bertz CT molecular complexity index is 1130. The van der Waals surface area contributed by atoms with Crippen LogP contribution in [0.4, 0.5) is 0 Å². The van der Waals surface area contributed by atoms with Crippen molar-refractivity contribution in [1.29, 1.82) is 0 Å². The number of hydrogen-bond acceptors (Lipinski definition) is 5. The van der Waals surface area contributed by atoms with Crippen LogP contribution in [0.5, 0.6) is 0 Å². The summed E-state index contributed by atoms with van der Waals surface area (Å²) >= 11 is 0. The van der Waals surface area contributed by atoms with Gasteiger partial charge in [0, 0.05) is 19.4 Å². The Kier molecular flexibility index (Phi) is 10.2. The van der Waals surface area contributed by atoms with E-state index in [-0.39, 0.29) is 43.0 Å². The lowest BCUT2D eigenvalue weighted by molar-refractivity contribution is -0.142. The van der Waals surface area contributed by atoms with E-state index in [0.717, 1.165) is 5.56 Å². The molecule has 0 radical (unpaired) electrons. The van der Waals surface area contributed by atoms with Gasteiger partial charge in [0.25, 0.3) is 11.8 Å². The normalized spacial score (nSPS) is 14.2. The number of unbranched alkanes of at least 4 members (excludes halogenated alkanes) is 2. The van der Waals surface area contributed by atoms with Crippen LogP contribution < -0.4 is 10.6 Å². The highest BCUT2D eigenvalue weighted by Crippen LogP contribution is 2.22. The fourth-order valence-electron chi connectivity index (χ4n) is 4.47. The Morgan fingerprint density at radius 1 is 0.816 bits per heavy atom. The summed E-state index contributed by atoms with van der Waals surface area (Å²) in [4.78, 5) is 63.4. The first-order valence-electron chi connectivity index (χ1n) is 13.0. The molecule has 0 aromatic heterocycles. The molecule has 9 heteroatoms. The number of fused-ring (bicyclic) bond motifs is 1. The van der Waals surface area contributed by atoms with Crippen molar-refractivity contribution >= 4 is 29.6 Å². The van der Waals surface area contributed by atoms with E-state index in [0.29, 0.717) is 36.8 Å². The largest absolute Gasteiger partial charge is 0.480 e. The van der Waals surface area contributed by atoms with Crippen LogP contribution in [0.2, 0.25) is 0 Å². The molecular weight excluding hydrogens is 486 g/mol. The third-order valence-corrected chi connectivity index (χ3v) is 6.42. The van der Waals surface area contributed by atoms with Gasteiger partial charge in [-0.25, -0.2) is 4.79 Å². The number of hydrogen-bond donors (Lipinski definition) is 3. The molecule has 4 amide bonds. The summed E-state index contributed by atoms with van der Waals surface area (Å²) < 4.78 is 0. The van der Waals surface area contributed by atoms with Crippen molar-refractivity contribution in [2.24, 2.45) is 5.92 Å². The third kappa shape index (κ3) is 7.74. The molecule has 2 aromatic carbocycles. The Balaban J connectivity index is 1.45. The van der Waals surface area contributed by atoms with E-state index < -0.39 is 24.0 Å². The monoisotopic (exact) mass is 521 g/mol. The molecule has 38 heavy (non-hydrogen) atoms. The summed E-state index contributed by atoms with van der Waals surface area (Å²) in [6.45, 7) is 4.12. The van der Waals surface area contributed by atoms with Crippen LogP contribution in [0.15, 0.2) is 54.6 Å². The predicted molar refractivity (Wildman–Crippen MR) is 141 cm³/mol. The van der Waals surface area contributed by atoms with Crippen LogP contribution in [0.1, 0.15) is 72.2 Å². The van der Waals surface area contributed by atoms with Crippen molar-refractivity contribution in [3.05, 3.63) is 71.3 Å². The summed E-state index contributed by atoms with van der Waals surface area (Å²) in [7, 11) is 0. The zero-order chi connectivity index (χ0) is 27.7. The second kappa shape index (κ2) is 13.5. The standard InChI is InChI=1S/C29H35N3O6/c1-19(2)17-23(26(34)31-24(29(37)38)18-20-11-5-3-6-12-20)30-25(33)15-7-4-10-16-32-27(35)21-13-8-9-14-22(21)28(32)36/h3,5-6,8-9,11-14,19,23-24H,4,7,10,15-18H2,1-2H3,(H,30,33)(H,31,34)(H,37,38)/t23-,24-/m0/s1.